The molecule has 3 rings (SSSR count). The molecule has 0 aliphatic carbocycles. The Morgan fingerprint density at radius 3 is 2.57 bits per heavy atom. The molecule has 1 N–H and O–H groups in total. The second-order valence-electron chi connectivity index (χ2n) is 6.90. The number of hydrogen-bond acceptors (Lipinski definition) is 8. The van der Waals surface area contributed by atoms with Gasteiger partial charge in [0.1, 0.15) is 0 Å². The van der Waals surface area contributed by atoms with E-state index in [2.05, 4.69) is 4.98 Å². The third-order valence-corrected chi connectivity index (χ3v) is 6.07. The second kappa shape index (κ2) is 8.14. The van der Waals surface area contributed by atoms with E-state index in [1.165, 1.54) is 11.8 Å². The monoisotopic (exact) mass is 446 g/mol. The summed E-state index contributed by atoms with van der Waals surface area (Å²) < 4.78 is 38.6. The van der Waals surface area contributed by atoms with E-state index in [-0.39, 0.29) is 34.9 Å². The van der Waals surface area contributed by atoms with E-state index in [1.807, 2.05) is 0 Å². The van der Waals surface area contributed by atoms with Crippen LogP contribution < -0.4 is 4.90 Å². The van der Waals surface area contributed by atoms with Gasteiger partial charge in [0.05, 0.1) is 21.5 Å². The Bertz CT molecular complexity index is 995. The van der Waals surface area contributed by atoms with Crippen LogP contribution in [-0.4, -0.2) is 33.0 Å². The first-order valence-electron chi connectivity index (χ1n) is 8.88. The van der Waals surface area contributed by atoms with Crippen molar-refractivity contribution in [1.82, 2.24) is 4.98 Å². The molecular weight excluding hydrogens is 429 g/mol. The normalized spacial score (nSPS) is 17.2. The molecule has 1 unspecified atom stereocenters. The van der Waals surface area contributed by atoms with Crippen molar-refractivity contribution in [3.8, 4) is 0 Å². The topological polar surface area (TPSA) is 123 Å². The van der Waals surface area contributed by atoms with Crippen molar-refractivity contribution in [2.45, 2.75) is 38.5 Å². The van der Waals surface area contributed by atoms with Crippen molar-refractivity contribution in [1.29, 1.82) is 0 Å². The number of anilines is 1. The van der Waals surface area contributed by atoms with Gasteiger partial charge in [-0.15, -0.1) is 11.3 Å². The van der Waals surface area contributed by atoms with Crippen LogP contribution in [0.3, 0.4) is 0 Å². The summed E-state index contributed by atoms with van der Waals surface area (Å²) in [5.41, 5.74) is -2.02. The van der Waals surface area contributed by atoms with Gasteiger partial charge in [0.25, 0.3) is 5.69 Å². The molecule has 1 aliphatic heterocycles. The highest BCUT2D eigenvalue weighted by Gasteiger charge is 2.38. The minimum Gasteiger partial charge on any atom is -0.392 e. The van der Waals surface area contributed by atoms with Gasteiger partial charge < -0.3 is 10.0 Å². The maximum absolute atomic E-state index is 12.9. The van der Waals surface area contributed by atoms with Gasteiger partial charge in [0.2, 0.25) is 0 Å². The van der Waals surface area contributed by atoms with Crippen molar-refractivity contribution in [2.24, 2.45) is 0 Å². The molecule has 2 aromatic rings. The van der Waals surface area contributed by atoms with Gasteiger partial charge >= 0.3 is 11.9 Å². The maximum Gasteiger partial charge on any atom is 0.434 e. The first kappa shape index (κ1) is 21.9. The molecule has 0 amide bonds. The van der Waals surface area contributed by atoms with Crippen LogP contribution in [0.4, 0.5) is 30.2 Å². The molecule has 0 saturated carbocycles. The average molecular weight is 446 g/mol. The highest BCUT2D eigenvalue weighted by atomic mass is 32.1. The van der Waals surface area contributed by atoms with E-state index >= 15 is 0 Å². The summed E-state index contributed by atoms with van der Waals surface area (Å²) in [4.78, 5) is 27.0. The summed E-state index contributed by atoms with van der Waals surface area (Å²) in [5.74, 6) is -0.447. The molecule has 1 aromatic carbocycles. The minimum atomic E-state index is -4.57. The highest BCUT2D eigenvalue weighted by Crippen LogP contribution is 2.44. The SMILES string of the molecule is Cc1c(CO)cc([N+](=O)[O-])c(N2CCCC(c3nc(C(F)(F)F)cs3)C2)c1[N+](=O)[O-]. The number of halogens is 3. The summed E-state index contributed by atoms with van der Waals surface area (Å²) in [7, 11) is 0. The van der Waals surface area contributed by atoms with Crippen molar-refractivity contribution < 1.29 is 28.1 Å². The summed E-state index contributed by atoms with van der Waals surface area (Å²) >= 11 is 0.852. The van der Waals surface area contributed by atoms with Gasteiger partial charge in [-0.05, 0) is 25.3 Å². The maximum atomic E-state index is 12.9. The van der Waals surface area contributed by atoms with Gasteiger partial charge in [-0.3, -0.25) is 20.2 Å². The van der Waals surface area contributed by atoms with E-state index in [0.29, 0.717) is 12.8 Å². The summed E-state index contributed by atoms with van der Waals surface area (Å²) in [6, 6.07) is 1.10. The molecule has 1 aromatic heterocycles. The first-order chi connectivity index (χ1) is 14.0. The molecule has 30 heavy (non-hydrogen) atoms. The third kappa shape index (κ3) is 4.07. The molecule has 162 valence electrons. The Kier molecular flexibility index (Phi) is 5.94. The van der Waals surface area contributed by atoms with E-state index < -0.39 is 45.6 Å². The number of nitro benzene ring substituents is 2. The number of piperidine rings is 1. The highest BCUT2D eigenvalue weighted by molar-refractivity contribution is 7.09. The fraction of sp³-hybridized carbons (Fsp3) is 0.471. The smallest absolute Gasteiger partial charge is 0.392 e. The zero-order chi connectivity index (χ0) is 22.2. The van der Waals surface area contributed by atoms with E-state index in [1.54, 1.807) is 0 Å². The summed E-state index contributed by atoms with van der Waals surface area (Å²) in [6.45, 7) is 1.13. The van der Waals surface area contributed by atoms with Gasteiger partial charge in [0.15, 0.2) is 11.4 Å². The minimum absolute atomic E-state index is 0.0599. The van der Waals surface area contributed by atoms with Crippen LogP contribution in [0, 0.1) is 27.2 Å². The van der Waals surface area contributed by atoms with Crippen molar-refractivity contribution in [3.63, 3.8) is 0 Å². The summed E-state index contributed by atoms with van der Waals surface area (Å²) in [6.07, 6.45) is -3.59. The van der Waals surface area contributed by atoms with Crippen molar-refractivity contribution in [2.75, 3.05) is 18.0 Å². The van der Waals surface area contributed by atoms with Crippen LogP contribution in [0.15, 0.2) is 11.4 Å². The van der Waals surface area contributed by atoms with Crippen LogP contribution in [0.25, 0.3) is 0 Å². The largest absolute Gasteiger partial charge is 0.434 e. The third-order valence-electron chi connectivity index (χ3n) is 5.06. The zero-order valence-corrected chi connectivity index (χ0v) is 16.5. The number of rotatable bonds is 5. The molecule has 1 atom stereocenters. The number of nitro groups is 2. The quantitative estimate of drug-likeness (QED) is 0.540. The molecule has 1 aliphatic rings. The van der Waals surface area contributed by atoms with Gasteiger partial charge in [0, 0.05) is 36.0 Å². The lowest BCUT2D eigenvalue weighted by molar-refractivity contribution is -0.393. The number of aliphatic hydroxyl groups excluding tert-OH is 1. The van der Waals surface area contributed by atoms with Crippen LogP contribution in [0.5, 0.6) is 0 Å². The molecule has 2 heterocycles. The Hall–Kier alpha value is -2.80. The lowest BCUT2D eigenvalue weighted by atomic mass is 9.96. The molecule has 1 fully saturated rings. The second-order valence-corrected chi connectivity index (χ2v) is 7.79. The number of hydrogen-bond donors (Lipinski definition) is 1. The number of benzene rings is 1. The Labute approximate surface area is 172 Å². The number of alkyl halides is 3. The predicted octanol–water partition coefficient (Wildman–Crippen LogP) is 4.16. The number of thiazole rings is 1. The number of nitrogens with zero attached hydrogens (tertiary/aromatic N) is 4. The molecular formula is C17H17F3N4O5S. The van der Waals surface area contributed by atoms with Crippen molar-refractivity contribution >= 4 is 28.4 Å². The van der Waals surface area contributed by atoms with Crippen LogP contribution in [-0.2, 0) is 12.8 Å². The Balaban J connectivity index is 2.04. The van der Waals surface area contributed by atoms with Crippen LogP contribution in [0.1, 0.15) is 40.6 Å². The van der Waals surface area contributed by atoms with E-state index in [9.17, 15) is 38.5 Å². The van der Waals surface area contributed by atoms with Crippen molar-refractivity contribution in [3.05, 3.63) is 53.5 Å². The average Bonchev–Trinajstić information content (AvgIpc) is 3.18. The lowest BCUT2D eigenvalue weighted by Crippen LogP contribution is -2.35. The first-order valence-corrected chi connectivity index (χ1v) is 9.76. The molecule has 0 radical (unpaired) electrons. The molecule has 0 spiro atoms. The van der Waals surface area contributed by atoms with E-state index in [4.69, 9.17) is 0 Å². The van der Waals surface area contributed by atoms with Gasteiger partial charge in [-0.25, -0.2) is 4.98 Å². The van der Waals surface area contributed by atoms with Gasteiger partial charge in [-0.1, -0.05) is 0 Å². The standard InChI is InChI=1S/C17H17F3N4O5S/c1-9-11(7-25)5-12(23(26)27)15(14(9)24(28)29)22-4-2-3-10(6-22)16-21-13(8-30-16)17(18,19)20/h5,8,10,25H,2-4,6-7H2,1H3. The van der Waals surface area contributed by atoms with E-state index in [0.717, 1.165) is 22.8 Å². The zero-order valence-electron chi connectivity index (χ0n) is 15.7. The molecule has 9 nitrogen and oxygen atoms in total. The number of aliphatic hydroxyl groups is 1. The Morgan fingerprint density at radius 2 is 2.03 bits per heavy atom. The fourth-order valence-electron chi connectivity index (χ4n) is 3.62. The molecule has 1 saturated heterocycles. The molecule has 0 bridgehead atoms. The lowest BCUT2D eigenvalue weighted by Gasteiger charge is -2.33. The van der Waals surface area contributed by atoms with Crippen LogP contribution >= 0.6 is 11.3 Å². The van der Waals surface area contributed by atoms with Gasteiger partial charge in [-0.2, -0.15) is 13.2 Å². The number of aromatic nitrogens is 1. The molecule has 13 heteroatoms. The van der Waals surface area contributed by atoms with Crippen LogP contribution in [0.2, 0.25) is 0 Å². The Morgan fingerprint density at radius 1 is 1.33 bits per heavy atom. The fourth-order valence-corrected chi connectivity index (χ4v) is 4.57. The predicted molar refractivity (Wildman–Crippen MR) is 102 cm³/mol. The summed E-state index contributed by atoms with van der Waals surface area (Å²) in [5, 5.41) is 33.9.